The van der Waals surface area contributed by atoms with Crippen molar-refractivity contribution >= 4 is 11.8 Å². The van der Waals surface area contributed by atoms with Gasteiger partial charge in [-0.15, -0.1) is 11.8 Å². The molecule has 0 atom stereocenters. The summed E-state index contributed by atoms with van der Waals surface area (Å²) in [5, 5.41) is 9.60. The monoisotopic (exact) mass is 273 g/mol. The molecule has 0 spiro atoms. The molecule has 1 aromatic carbocycles. The quantitative estimate of drug-likeness (QED) is 0.684. The summed E-state index contributed by atoms with van der Waals surface area (Å²) < 4.78 is 0. The van der Waals surface area contributed by atoms with Gasteiger partial charge in [0, 0.05) is 4.90 Å². The van der Waals surface area contributed by atoms with Gasteiger partial charge in [0.05, 0.1) is 11.5 Å². The molecular formula is C17H23NS. The van der Waals surface area contributed by atoms with Crippen LogP contribution in [-0.2, 0) is 0 Å². The maximum absolute atomic E-state index is 9.60. The lowest BCUT2D eigenvalue weighted by atomic mass is 9.75. The standard InChI is InChI=1S/C17H23NS/c18-15-17(11-7-2-1-3-8-12-17)13-14-19-16-9-5-4-6-10-16/h4-6,9-10H,1-3,7-8,11-14H2. The lowest BCUT2D eigenvalue weighted by molar-refractivity contribution is 0.282. The fraction of sp³-hybridized carbons (Fsp3) is 0.588. The van der Waals surface area contributed by atoms with E-state index in [2.05, 4.69) is 36.4 Å². The van der Waals surface area contributed by atoms with Gasteiger partial charge in [-0.1, -0.05) is 50.3 Å². The predicted molar refractivity (Wildman–Crippen MR) is 82.1 cm³/mol. The van der Waals surface area contributed by atoms with Crippen LogP contribution in [0.5, 0.6) is 0 Å². The average molecular weight is 273 g/mol. The number of thioether (sulfide) groups is 1. The Balaban J connectivity index is 1.85. The summed E-state index contributed by atoms with van der Waals surface area (Å²) in [6.07, 6.45) is 9.73. The highest BCUT2D eigenvalue weighted by Crippen LogP contribution is 2.38. The summed E-state index contributed by atoms with van der Waals surface area (Å²) in [5.74, 6) is 1.07. The first-order valence-corrected chi connectivity index (χ1v) is 8.42. The molecule has 0 aliphatic heterocycles. The Morgan fingerprint density at radius 2 is 1.63 bits per heavy atom. The first-order valence-electron chi connectivity index (χ1n) is 7.44. The number of rotatable bonds is 4. The Morgan fingerprint density at radius 3 is 2.26 bits per heavy atom. The number of nitrogens with zero attached hydrogens (tertiary/aromatic N) is 1. The minimum absolute atomic E-state index is 0.0395. The maximum Gasteiger partial charge on any atom is 0.0690 e. The largest absolute Gasteiger partial charge is 0.198 e. The molecule has 0 N–H and O–H groups in total. The number of benzene rings is 1. The third kappa shape index (κ3) is 4.58. The first kappa shape index (κ1) is 14.5. The van der Waals surface area contributed by atoms with Gasteiger partial charge in [0.15, 0.2) is 0 Å². The van der Waals surface area contributed by atoms with Crippen LogP contribution in [0.3, 0.4) is 0 Å². The van der Waals surface area contributed by atoms with Crippen molar-refractivity contribution in [3.8, 4) is 6.07 Å². The molecule has 2 rings (SSSR count). The SMILES string of the molecule is N#CC1(CCSc2ccccc2)CCCCCCC1. The van der Waals surface area contributed by atoms with Crippen LogP contribution in [0.2, 0.25) is 0 Å². The van der Waals surface area contributed by atoms with E-state index in [0.29, 0.717) is 0 Å². The van der Waals surface area contributed by atoms with Gasteiger partial charge in [0.1, 0.15) is 0 Å². The molecule has 0 radical (unpaired) electrons. The first-order chi connectivity index (χ1) is 9.35. The Labute approximate surface area is 121 Å². The molecule has 1 aliphatic carbocycles. The molecule has 0 heterocycles. The molecule has 19 heavy (non-hydrogen) atoms. The van der Waals surface area contributed by atoms with E-state index in [-0.39, 0.29) is 5.41 Å². The van der Waals surface area contributed by atoms with E-state index in [1.54, 1.807) is 0 Å². The van der Waals surface area contributed by atoms with E-state index in [1.807, 2.05) is 11.8 Å². The smallest absolute Gasteiger partial charge is 0.0690 e. The van der Waals surface area contributed by atoms with Crippen LogP contribution in [-0.4, -0.2) is 5.75 Å². The lowest BCUT2D eigenvalue weighted by Crippen LogP contribution is -2.21. The highest BCUT2D eigenvalue weighted by atomic mass is 32.2. The second kappa shape index (κ2) is 7.60. The molecule has 1 saturated carbocycles. The Bertz CT molecular complexity index is 399. The molecular weight excluding hydrogens is 250 g/mol. The number of hydrogen-bond donors (Lipinski definition) is 0. The predicted octanol–water partition coefficient (Wildman–Crippen LogP) is 5.42. The fourth-order valence-corrected chi connectivity index (χ4v) is 3.96. The van der Waals surface area contributed by atoms with Crippen molar-refractivity contribution in [2.24, 2.45) is 5.41 Å². The Morgan fingerprint density at radius 1 is 1.00 bits per heavy atom. The van der Waals surface area contributed by atoms with Crippen molar-refractivity contribution in [1.29, 1.82) is 5.26 Å². The van der Waals surface area contributed by atoms with Gasteiger partial charge in [0.2, 0.25) is 0 Å². The Hall–Kier alpha value is -0.940. The van der Waals surface area contributed by atoms with Crippen LogP contribution < -0.4 is 0 Å². The summed E-state index contributed by atoms with van der Waals surface area (Å²) in [4.78, 5) is 1.32. The molecule has 0 saturated heterocycles. The normalized spacial score (nSPS) is 19.1. The molecule has 1 nitrogen and oxygen atoms in total. The molecule has 1 aromatic rings. The van der Waals surface area contributed by atoms with Crippen LogP contribution in [0.15, 0.2) is 35.2 Å². The van der Waals surface area contributed by atoms with Crippen molar-refractivity contribution < 1.29 is 0 Å². The molecule has 102 valence electrons. The highest BCUT2D eigenvalue weighted by Gasteiger charge is 2.29. The van der Waals surface area contributed by atoms with E-state index in [0.717, 1.165) is 25.0 Å². The van der Waals surface area contributed by atoms with E-state index < -0.39 is 0 Å². The van der Waals surface area contributed by atoms with Gasteiger partial charge < -0.3 is 0 Å². The van der Waals surface area contributed by atoms with Crippen molar-refractivity contribution in [2.45, 2.75) is 56.3 Å². The summed E-state index contributed by atoms with van der Waals surface area (Å²) >= 11 is 1.89. The van der Waals surface area contributed by atoms with Gasteiger partial charge in [-0.3, -0.25) is 0 Å². The third-order valence-electron chi connectivity index (χ3n) is 4.14. The van der Waals surface area contributed by atoms with E-state index in [4.69, 9.17) is 0 Å². The molecule has 2 heteroatoms. The zero-order valence-electron chi connectivity index (χ0n) is 11.6. The highest BCUT2D eigenvalue weighted by molar-refractivity contribution is 7.99. The van der Waals surface area contributed by atoms with E-state index >= 15 is 0 Å². The molecule has 1 fully saturated rings. The Kier molecular flexibility index (Phi) is 5.79. The van der Waals surface area contributed by atoms with E-state index in [1.165, 1.54) is 37.0 Å². The molecule has 0 aromatic heterocycles. The minimum atomic E-state index is -0.0395. The van der Waals surface area contributed by atoms with Gasteiger partial charge in [0.25, 0.3) is 0 Å². The summed E-state index contributed by atoms with van der Waals surface area (Å²) in [6.45, 7) is 0. The second-order valence-electron chi connectivity index (χ2n) is 5.57. The lowest BCUT2D eigenvalue weighted by Gasteiger charge is -2.28. The van der Waals surface area contributed by atoms with Crippen LogP contribution in [0.4, 0.5) is 0 Å². The van der Waals surface area contributed by atoms with Crippen molar-refractivity contribution in [1.82, 2.24) is 0 Å². The van der Waals surface area contributed by atoms with Crippen LogP contribution in [0.25, 0.3) is 0 Å². The fourth-order valence-electron chi connectivity index (χ4n) is 2.88. The van der Waals surface area contributed by atoms with Crippen LogP contribution in [0, 0.1) is 16.7 Å². The van der Waals surface area contributed by atoms with Crippen LogP contribution >= 0.6 is 11.8 Å². The number of nitriles is 1. The topological polar surface area (TPSA) is 23.8 Å². The van der Waals surface area contributed by atoms with Gasteiger partial charge >= 0.3 is 0 Å². The summed E-state index contributed by atoms with van der Waals surface area (Å²) in [5.41, 5.74) is -0.0395. The maximum atomic E-state index is 9.60. The van der Waals surface area contributed by atoms with Gasteiger partial charge in [-0.05, 0) is 37.1 Å². The number of hydrogen-bond acceptors (Lipinski definition) is 2. The van der Waals surface area contributed by atoms with Crippen LogP contribution in [0.1, 0.15) is 51.4 Å². The van der Waals surface area contributed by atoms with Crippen molar-refractivity contribution in [2.75, 3.05) is 5.75 Å². The summed E-state index contributed by atoms with van der Waals surface area (Å²) in [6, 6.07) is 13.2. The zero-order chi connectivity index (χ0) is 13.4. The van der Waals surface area contributed by atoms with Gasteiger partial charge in [-0.2, -0.15) is 5.26 Å². The van der Waals surface area contributed by atoms with Crippen molar-refractivity contribution in [3.63, 3.8) is 0 Å². The zero-order valence-corrected chi connectivity index (χ0v) is 12.4. The van der Waals surface area contributed by atoms with Crippen molar-refractivity contribution in [3.05, 3.63) is 30.3 Å². The summed E-state index contributed by atoms with van der Waals surface area (Å²) in [7, 11) is 0. The second-order valence-corrected chi connectivity index (χ2v) is 6.74. The molecule has 0 unspecified atom stereocenters. The van der Waals surface area contributed by atoms with Gasteiger partial charge in [-0.25, -0.2) is 0 Å². The molecule has 1 aliphatic rings. The third-order valence-corrected chi connectivity index (χ3v) is 5.15. The molecule has 0 bridgehead atoms. The molecule has 0 amide bonds. The van der Waals surface area contributed by atoms with E-state index in [9.17, 15) is 5.26 Å². The average Bonchev–Trinajstić information content (AvgIpc) is 2.43. The minimum Gasteiger partial charge on any atom is -0.198 e.